The van der Waals surface area contributed by atoms with Crippen molar-refractivity contribution < 1.29 is 9.32 Å². The highest BCUT2D eigenvalue weighted by atomic mass is 16.5. The summed E-state index contributed by atoms with van der Waals surface area (Å²) in [6.07, 6.45) is 5.38. The van der Waals surface area contributed by atoms with Crippen molar-refractivity contribution in [1.29, 1.82) is 0 Å². The molecule has 1 aromatic carbocycles. The van der Waals surface area contributed by atoms with Crippen molar-refractivity contribution in [3.8, 4) is 22.6 Å². The highest BCUT2D eigenvalue weighted by Crippen LogP contribution is 2.30. The normalized spacial score (nSPS) is 16.9. The van der Waals surface area contributed by atoms with Gasteiger partial charge in [0.25, 0.3) is 0 Å². The molecule has 1 N–H and O–H groups in total. The van der Waals surface area contributed by atoms with E-state index in [1.807, 2.05) is 44.2 Å². The molecule has 3 heterocycles. The molecule has 1 amide bonds. The minimum absolute atomic E-state index is 0.0761. The van der Waals surface area contributed by atoms with Crippen LogP contribution >= 0.6 is 0 Å². The predicted molar refractivity (Wildman–Crippen MR) is 119 cm³/mol. The number of likely N-dealkylation sites (tertiary alicyclic amines) is 1. The maximum Gasteiger partial charge on any atom is 0.234 e. The lowest BCUT2D eigenvalue weighted by molar-refractivity contribution is -0.123. The Morgan fingerprint density at radius 3 is 2.74 bits per heavy atom. The molecule has 0 bridgehead atoms. The summed E-state index contributed by atoms with van der Waals surface area (Å²) in [7, 11) is 0. The fourth-order valence-corrected chi connectivity index (χ4v) is 3.97. The molecule has 0 spiro atoms. The van der Waals surface area contributed by atoms with Crippen molar-refractivity contribution in [2.45, 2.75) is 52.6 Å². The summed E-state index contributed by atoms with van der Waals surface area (Å²) in [6, 6.07) is 10.4. The number of benzene rings is 1. The van der Waals surface area contributed by atoms with Crippen LogP contribution in [0.25, 0.3) is 22.6 Å². The molecule has 0 saturated carbocycles. The molecule has 162 valence electrons. The van der Waals surface area contributed by atoms with E-state index in [0.717, 1.165) is 34.6 Å². The average molecular weight is 420 g/mol. The highest BCUT2D eigenvalue weighted by molar-refractivity contribution is 5.79. The molecule has 1 saturated heterocycles. The summed E-state index contributed by atoms with van der Waals surface area (Å²) < 4.78 is 5.43. The standard InChI is InChI=1S/C24H29N5O2/c1-16-12-22(31-28-16)21-14-25-18(3)27-24(21)20-9-7-19(8-10-20)13-26-23(30)15-29-11-5-4-6-17(29)2/h7-10,12,14,17H,4-6,11,13,15H2,1-3H3,(H,26,30). The topological polar surface area (TPSA) is 84.2 Å². The maximum atomic E-state index is 12.4. The van der Waals surface area contributed by atoms with Crippen molar-refractivity contribution in [2.75, 3.05) is 13.1 Å². The number of piperidine rings is 1. The first-order chi connectivity index (χ1) is 15.0. The third-order valence-electron chi connectivity index (χ3n) is 5.81. The van der Waals surface area contributed by atoms with Crippen LogP contribution in [0.3, 0.4) is 0 Å². The average Bonchev–Trinajstić information content (AvgIpc) is 3.20. The van der Waals surface area contributed by atoms with Gasteiger partial charge >= 0.3 is 0 Å². The van der Waals surface area contributed by atoms with E-state index in [0.29, 0.717) is 30.7 Å². The number of amides is 1. The first-order valence-corrected chi connectivity index (χ1v) is 10.9. The number of nitrogens with zero attached hydrogens (tertiary/aromatic N) is 4. The number of rotatable bonds is 6. The molecular weight excluding hydrogens is 390 g/mol. The Balaban J connectivity index is 1.43. The molecule has 0 radical (unpaired) electrons. The Bertz CT molecular complexity index is 1040. The first-order valence-electron chi connectivity index (χ1n) is 10.9. The fourth-order valence-electron chi connectivity index (χ4n) is 3.97. The van der Waals surface area contributed by atoms with Crippen LogP contribution < -0.4 is 5.32 Å². The molecule has 1 fully saturated rings. The second-order valence-electron chi connectivity index (χ2n) is 8.30. The lowest BCUT2D eigenvalue weighted by Gasteiger charge is -2.32. The molecule has 2 aromatic heterocycles. The van der Waals surface area contributed by atoms with E-state index >= 15 is 0 Å². The molecule has 31 heavy (non-hydrogen) atoms. The van der Waals surface area contributed by atoms with E-state index < -0.39 is 0 Å². The smallest absolute Gasteiger partial charge is 0.234 e. The zero-order valence-electron chi connectivity index (χ0n) is 18.4. The number of nitrogens with one attached hydrogen (secondary N) is 1. The van der Waals surface area contributed by atoms with Crippen molar-refractivity contribution in [3.05, 3.63) is 53.6 Å². The van der Waals surface area contributed by atoms with Crippen molar-refractivity contribution >= 4 is 5.91 Å². The van der Waals surface area contributed by atoms with E-state index in [1.165, 1.54) is 19.3 Å². The lowest BCUT2D eigenvalue weighted by atomic mass is 10.0. The number of aromatic nitrogens is 3. The molecule has 1 aliphatic rings. The summed E-state index contributed by atoms with van der Waals surface area (Å²) in [6.45, 7) is 7.95. The number of aryl methyl sites for hydroxylation is 2. The van der Waals surface area contributed by atoms with Crippen LogP contribution in [-0.2, 0) is 11.3 Å². The zero-order chi connectivity index (χ0) is 21.8. The van der Waals surface area contributed by atoms with Crippen LogP contribution in [0.1, 0.15) is 43.3 Å². The van der Waals surface area contributed by atoms with Crippen molar-refractivity contribution in [1.82, 2.24) is 25.3 Å². The summed E-state index contributed by atoms with van der Waals surface area (Å²) in [5.41, 5.74) is 4.44. The van der Waals surface area contributed by atoms with Gasteiger partial charge in [-0.15, -0.1) is 0 Å². The number of hydrogen-bond acceptors (Lipinski definition) is 6. The Morgan fingerprint density at radius 2 is 2.03 bits per heavy atom. The van der Waals surface area contributed by atoms with Gasteiger partial charge in [0.1, 0.15) is 5.82 Å². The SMILES string of the molecule is Cc1cc(-c2cnc(C)nc2-c2ccc(CNC(=O)CN3CCCCC3C)cc2)on1. The van der Waals surface area contributed by atoms with Crippen LogP contribution in [0.4, 0.5) is 0 Å². The molecule has 1 unspecified atom stereocenters. The van der Waals surface area contributed by atoms with Gasteiger partial charge in [0.15, 0.2) is 5.76 Å². The van der Waals surface area contributed by atoms with E-state index in [-0.39, 0.29) is 5.91 Å². The second kappa shape index (κ2) is 9.39. The summed E-state index contributed by atoms with van der Waals surface area (Å²) >= 11 is 0. The van der Waals surface area contributed by atoms with Crippen LogP contribution in [0, 0.1) is 13.8 Å². The number of carbonyl (C=O) groups is 1. The minimum atomic E-state index is 0.0761. The monoisotopic (exact) mass is 419 g/mol. The quantitative estimate of drug-likeness (QED) is 0.652. The molecular formula is C24H29N5O2. The van der Waals surface area contributed by atoms with Gasteiger partial charge in [0.2, 0.25) is 5.91 Å². The Morgan fingerprint density at radius 1 is 1.23 bits per heavy atom. The third-order valence-corrected chi connectivity index (χ3v) is 5.81. The van der Waals surface area contributed by atoms with Gasteiger partial charge in [-0.05, 0) is 45.7 Å². The van der Waals surface area contributed by atoms with E-state index in [9.17, 15) is 4.79 Å². The third kappa shape index (κ3) is 5.17. The Hall–Kier alpha value is -3.06. The van der Waals surface area contributed by atoms with Gasteiger partial charge in [0.05, 0.1) is 23.5 Å². The van der Waals surface area contributed by atoms with Crippen LogP contribution in [0.5, 0.6) is 0 Å². The largest absolute Gasteiger partial charge is 0.356 e. The van der Waals surface area contributed by atoms with Gasteiger partial charge in [-0.3, -0.25) is 9.69 Å². The predicted octanol–water partition coefficient (Wildman–Crippen LogP) is 3.91. The molecule has 7 heteroatoms. The number of carbonyl (C=O) groups excluding carboxylic acids is 1. The lowest BCUT2D eigenvalue weighted by Crippen LogP contribution is -2.44. The zero-order valence-corrected chi connectivity index (χ0v) is 18.4. The highest BCUT2D eigenvalue weighted by Gasteiger charge is 2.20. The number of hydrogen-bond donors (Lipinski definition) is 1. The van der Waals surface area contributed by atoms with E-state index in [4.69, 9.17) is 4.52 Å². The summed E-state index contributed by atoms with van der Waals surface area (Å²) in [4.78, 5) is 23.6. The van der Waals surface area contributed by atoms with Crippen molar-refractivity contribution in [3.63, 3.8) is 0 Å². The van der Waals surface area contributed by atoms with E-state index in [1.54, 1.807) is 6.20 Å². The van der Waals surface area contributed by atoms with Gasteiger partial charge in [-0.1, -0.05) is 35.8 Å². The summed E-state index contributed by atoms with van der Waals surface area (Å²) in [5.74, 6) is 1.42. The molecule has 1 aliphatic heterocycles. The molecule has 1 atom stereocenters. The maximum absolute atomic E-state index is 12.4. The minimum Gasteiger partial charge on any atom is -0.356 e. The molecule has 0 aliphatic carbocycles. The molecule has 7 nitrogen and oxygen atoms in total. The van der Waals surface area contributed by atoms with Gasteiger partial charge in [-0.25, -0.2) is 9.97 Å². The first kappa shape index (κ1) is 21.2. The van der Waals surface area contributed by atoms with Gasteiger partial charge in [-0.2, -0.15) is 0 Å². The van der Waals surface area contributed by atoms with E-state index in [2.05, 4.69) is 32.3 Å². The second-order valence-corrected chi connectivity index (χ2v) is 8.30. The molecule has 4 rings (SSSR count). The summed E-state index contributed by atoms with van der Waals surface area (Å²) in [5, 5.41) is 7.02. The Labute approximate surface area is 182 Å². The van der Waals surface area contributed by atoms with Gasteiger partial charge in [0, 0.05) is 30.4 Å². The van der Waals surface area contributed by atoms with Gasteiger partial charge < -0.3 is 9.84 Å². The fraction of sp³-hybridized carbons (Fsp3) is 0.417. The Kier molecular flexibility index (Phi) is 6.42. The van der Waals surface area contributed by atoms with Crippen LogP contribution in [0.15, 0.2) is 41.1 Å². The van der Waals surface area contributed by atoms with Crippen LogP contribution in [0.2, 0.25) is 0 Å². The molecule has 3 aromatic rings. The van der Waals surface area contributed by atoms with Crippen LogP contribution in [-0.4, -0.2) is 45.1 Å². The van der Waals surface area contributed by atoms with Crippen molar-refractivity contribution in [2.24, 2.45) is 0 Å².